The third-order valence-corrected chi connectivity index (χ3v) is 387. The van der Waals surface area contributed by atoms with Crippen LogP contribution in [0.15, 0.2) is 79.4 Å². The molecule has 4 N–H and O–H groups in total. The van der Waals surface area contributed by atoms with E-state index in [-0.39, 0.29) is 210 Å². The molecule has 6 rings (SSSR count). The number of fused-ring (bicyclic) bond motifs is 2. The van der Waals surface area contributed by atoms with Crippen LogP contribution in [0.25, 0.3) is 32.8 Å². The molecule has 29 atom stereocenters. The number of imide groups is 2. The van der Waals surface area contributed by atoms with E-state index < -0.39 is 46.8 Å². The van der Waals surface area contributed by atoms with E-state index in [1.165, 1.54) is 18.7 Å². The lowest BCUT2D eigenvalue weighted by Crippen LogP contribution is -2.44. The number of nitrogens with two attached hydrogens (primary N) is 1. The van der Waals surface area contributed by atoms with Crippen LogP contribution < -0.4 is 20.9 Å². The molecule has 0 fully saturated rings. The number of aryl methyl sites for hydroxylation is 1. The van der Waals surface area contributed by atoms with Crippen LogP contribution in [0, 0.1) is 6.92 Å². The van der Waals surface area contributed by atoms with Crippen LogP contribution in [0.5, 0.6) is 5.75 Å². The third-order valence-electron chi connectivity index (χ3n) is 13.5. The van der Waals surface area contributed by atoms with Crippen molar-refractivity contribution in [3.8, 4) is 17.0 Å². The van der Waals surface area contributed by atoms with E-state index in [0.29, 0.717) is 43.6 Å². The van der Waals surface area contributed by atoms with Gasteiger partial charge in [-0.3, -0.25) is 0 Å². The van der Waals surface area contributed by atoms with Crippen LogP contribution in [-0.4, -0.2) is 71.8 Å². The minimum absolute atomic E-state index is 0.00834. The normalized spacial score (nSPS) is 13.2. The molecule has 4 amide bonds. The molecule has 73 heteroatoms. The molecule has 0 saturated heterocycles. The first-order valence-electron chi connectivity index (χ1n) is 33.5. The van der Waals surface area contributed by atoms with Crippen molar-refractivity contribution in [3.05, 3.63) is 95.0 Å². The Morgan fingerprint density at radius 1 is 0.352 bits per heavy atom. The number of nitrogen functional groups attached to an aromatic ring is 1. The molecule has 0 aliphatic rings. The Hall–Kier alpha value is 16.2. The molecular weight excluding hydrogens is 2590 g/mol. The van der Waals surface area contributed by atoms with Crippen molar-refractivity contribution in [2.45, 2.75) is 112 Å². The van der Waals surface area contributed by atoms with Gasteiger partial charge in [0.15, 0.2) is 23.2 Å². The molecular formula is C49H112Cl2N8O9P54. The Morgan fingerprint density at radius 2 is 0.607 bits per heavy atom. The summed E-state index contributed by atoms with van der Waals surface area (Å²) in [5, 5.41) is 16.5. The number of rotatable bonds is 30. The van der Waals surface area contributed by atoms with Crippen molar-refractivity contribution < 1.29 is 43.2 Å². The summed E-state index contributed by atoms with van der Waals surface area (Å²) in [5.74, 6) is 0.0445. The molecule has 3 heterocycles. The minimum Gasteiger partial charge on any atom is -0.503 e. The van der Waals surface area contributed by atoms with E-state index in [9.17, 15) is 24.3 Å². The second-order valence-corrected chi connectivity index (χ2v) is 251. The Balaban J connectivity index is 0.000000404. The van der Waals surface area contributed by atoms with Gasteiger partial charge in [-0.1, -0.05) is 53.0 Å². The molecule has 0 radical (unpaired) electrons. The van der Waals surface area contributed by atoms with Crippen LogP contribution >= 0.6 is 455 Å². The molecule has 3 aromatic heterocycles. The summed E-state index contributed by atoms with van der Waals surface area (Å²) in [6.45, 7) is 17.3. The summed E-state index contributed by atoms with van der Waals surface area (Å²) in [6, 6.07) is 17.4. The highest BCUT2D eigenvalue weighted by Gasteiger charge is 2.60. The molecule has 0 bridgehead atoms. The number of pyridine rings is 2. The Bertz CT molecular complexity index is 4200. The average Bonchev–Trinajstić information content (AvgIpc) is 0.735. The largest absolute Gasteiger partial charge is 0.503 e. The van der Waals surface area contributed by atoms with Gasteiger partial charge in [0.05, 0.1) is 21.4 Å². The van der Waals surface area contributed by atoms with E-state index in [1.54, 1.807) is 119 Å². The van der Waals surface area contributed by atoms with Gasteiger partial charge in [0.2, 0.25) is 0 Å². The van der Waals surface area contributed by atoms with Gasteiger partial charge in [0.25, 0.3) is 0 Å². The first-order valence-corrected chi connectivity index (χ1v) is 132. The van der Waals surface area contributed by atoms with Crippen molar-refractivity contribution >= 4 is 530 Å². The van der Waals surface area contributed by atoms with E-state index in [2.05, 4.69) is 275 Å². The van der Waals surface area contributed by atoms with Gasteiger partial charge in [-0.2, -0.15) is 9.80 Å². The molecule has 0 aliphatic carbocycles. The maximum Gasteiger partial charge on any atom is 0.425 e. The van der Waals surface area contributed by atoms with Crippen molar-refractivity contribution in [1.29, 1.82) is 0 Å². The Labute approximate surface area is 828 Å². The van der Waals surface area contributed by atoms with Gasteiger partial charge in [0, 0.05) is 39.5 Å². The summed E-state index contributed by atoms with van der Waals surface area (Å²) in [4.78, 5) is 70.4. The Morgan fingerprint density at radius 3 is 0.877 bits per heavy atom. The van der Waals surface area contributed by atoms with Crippen LogP contribution in [0.4, 0.5) is 48.0 Å². The van der Waals surface area contributed by atoms with Gasteiger partial charge in [-0.05, 0) is 308 Å². The summed E-state index contributed by atoms with van der Waals surface area (Å²) >= 11 is 13.1. The monoisotopic (exact) mass is 2700 g/mol. The van der Waals surface area contributed by atoms with E-state index in [1.807, 2.05) is 31.2 Å². The van der Waals surface area contributed by atoms with Gasteiger partial charge in [-0.25, -0.2) is 39.1 Å². The van der Waals surface area contributed by atoms with Crippen LogP contribution in [-0.2, 0) is 18.9 Å². The molecule has 686 valence electrons. The summed E-state index contributed by atoms with van der Waals surface area (Å²) in [5.41, 5.74) is 5.41. The van der Waals surface area contributed by atoms with Crippen molar-refractivity contribution in [2.24, 2.45) is 0 Å². The van der Waals surface area contributed by atoms with E-state index in [4.69, 9.17) is 47.9 Å². The number of anilines is 5. The molecule has 0 spiro atoms. The Kier molecular flexibility index (Phi) is 66.0. The molecule has 122 heavy (non-hydrogen) atoms. The number of hydrogen-bond donors (Lipinski definition) is 3. The minimum atomic E-state index is -0.945. The number of carbonyl (C=O) groups is 4. The lowest BCUT2D eigenvalue weighted by atomic mass is 10.1. The number of carbonyl (C=O) groups excluding carboxylic acids is 4. The van der Waals surface area contributed by atoms with Gasteiger partial charge >= 0.3 is 24.4 Å². The first-order chi connectivity index (χ1) is 55.9. The standard InChI is InChI=1S/C30H32ClN5O5.C19H24ClN3O4.H56P54/c1-17-8-10-18(11-9-17)23-24(37)25(34-16-33-23)35-21-13-12-20-19(22(21)31)14-15-32-26(20)36(27(38)40-29(2,3)4)28(39)41-30(5,6)7;1-18(2,3)26-16(24)23(17(25)27-19(4,5)6)15-12-7-8-13(21)14(20)11(12)9-10-22-15;1-29(2)43(30(3)4)50(44(31(5)6)32(7)8)53(49(41(25)26)42(27)28)54(51(45(33(9)10)34(11)12)46(35(13)14)36(15)16)52(47(37(17)18)38(19)20)48(39(21)22)40(23)24/h8-16,37H,1-7H3,(H,33,34,35);7-10H,21H2,1-6H3;1-28H2. The number of aromatic nitrogens is 4. The highest BCUT2D eigenvalue weighted by molar-refractivity contribution is 9.53. The molecule has 6 aromatic rings. The zero-order valence-corrected chi connectivity index (χ0v) is 125. The number of ether oxygens (including phenoxy) is 4. The summed E-state index contributed by atoms with van der Waals surface area (Å²) < 4.78 is 21.8. The average molecular weight is 2700 g/mol. The molecule has 3 aromatic carbocycles. The number of benzene rings is 3. The zero-order chi connectivity index (χ0) is 93.7. The third kappa shape index (κ3) is 41.1. The predicted molar refractivity (Wildman–Crippen MR) is 717 cm³/mol. The molecule has 0 saturated carbocycles. The summed E-state index contributed by atoms with van der Waals surface area (Å²) in [6.07, 6.45) is 0.513. The van der Waals surface area contributed by atoms with Gasteiger partial charge in [0.1, 0.15) is 34.4 Å². The second kappa shape index (κ2) is 61.7. The molecule has 29 unspecified atom stereocenters. The van der Waals surface area contributed by atoms with Crippen molar-refractivity contribution in [3.63, 3.8) is 0 Å². The number of amides is 4. The van der Waals surface area contributed by atoms with Gasteiger partial charge < -0.3 is 35.1 Å². The highest BCUT2D eigenvalue weighted by Crippen LogP contribution is 3.47. The molecule has 17 nitrogen and oxygen atoms in total. The maximum atomic E-state index is 13.2. The first kappa shape index (κ1) is 131. The smallest absolute Gasteiger partial charge is 0.425 e. The predicted octanol–water partition coefficient (Wildman–Crippen LogP) is 44.4. The highest BCUT2D eigenvalue weighted by atomic mass is 35.5. The lowest BCUT2D eigenvalue weighted by Gasteiger charge is -2.59. The fraction of sp³-hybridized carbons (Fsp3) is 0.347. The quantitative estimate of drug-likeness (QED) is 0.0217. The lowest BCUT2D eigenvalue weighted by molar-refractivity contribution is 0.0407. The number of nitrogens with zero attached hydrogens (tertiary/aromatic N) is 6. The van der Waals surface area contributed by atoms with E-state index >= 15 is 0 Å². The fourth-order valence-electron chi connectivity index (χ4n) is 9.32. The maximum absolute atomic E-state index is 13.2. The summed E-state index contributed by atoms with van der Waals surface area (Å²) in [7, 11) is 98.3. The second-order valence-electron chi connectivity index (χ2n) is 27.9. The topological polar surface area (TPSA) is 222 Å². The van der Waals surface area contributed by atoms with Gasteiger partial charge in [-0.15, -0.1) is 250 Å². The van der Waals surface area contributed by atoms with Crippen LogP contribution in [0.1, 0.15) is 88.6 Å². The van der Waals surface area contributed by atoms with Crippen molar-refractivity contribution in [1.82, 2.24) is 19.9 Å². The van der Waals surface area contributed by atoms with Crippen LogP contribution in [0.3, 0.4) is 0 Å². The van der Waals surface area contributed by atoms with Crippen LogP contribution in [0.2, 0.25) is 10.0 Å². The SMILES string of the molecule is CC(C)(C)OC(=O)N(C(=O)OC(C)(C)C)c1nccc2c(Cl)c(N)ccc12.Cc1ccc(-c2ncnc(Nc3ccc4c(N(C(=O)OC(C)(C)C)C(=O)OC(C)(C)C)nccc4c3Cl)c2O)cc1.PP(P)P(P(P)P)P(P(P(P)P)P(P)P)P(P(P(P)P)P(P)P)P(P(P(P(P)P)P(P)P)P(P(P)P)P(P)P)P(P(P(P)P)P(P)P)P(P(P)P)P(P)P. The van der Waals surface area contributed by atoms with E-state index in [0.717, 1.165) is 20.9 Å². The number of nitrogens with one attached hydrogen (secondary N) is 1. The number of aromatic hydroxyl groups is 1. The number of halogens is 2. The zero-order valence-electron chi connectivity index (χ0n) is 68.0. The number of hydrogen-bond acceptors (Lipinski definition) is 15. The van der Waals surface area contributed by atoms with Crippen molar-refractivity contribution in [2.75, 3.05) is 20.9 Å². The fourth-order valence-corrected chi connectivity index (χ4v) is 785. The molecule has 0 aliphatic heterocycles.